The highest BCUT2D eigenvalue weighted by atomic mass is 32.1. The number of anilines is 1. The third-order valence-electron chi connectivity index (χ3n) is 1.85. The molecule has 0 aliphatic carbocycles. The van der Waals surface area contributed by atoms with E-state index in [1.165, 1.54) is 7.11 Å². The fraction of sp³-hybridized carbons (Fsp3) is 0.200. The molecule has 5 nitrogen and oxygen atoms in total. The second-order valence-corrected chi connectivity index (χ2v) is 4.01. The first-order valence-electron chi connectivity index (χ1n) is 4.61. The van der Waals surface area contributed by atoms with Gasteiger partial charge in [-0.1, -0.05) is 6.07 Å². The van der Waals surface area contributed by atoms with E-state index in [-0.39, 0.29) is 5.95 Å². The number of aromatic nitrogens is 2. The maximum Gasteiger partial charge on any atom is 0.226 e. The summed E-state index contributed by atoms with van der Waals surface area (Å²) in [5, 5.41) is 1.99. The molecule has 0 atom stereocenters. The van der Waals surface area contributed by atoms with Crippen molar-refractivity contribution in [3.05, 3.63) is 28.5 Å². The number of ether oxygens (including phenoxy) is 2. The zero-order valence-electron chi connectivity index (χ0n) is 8.71. The molecular weight excluding hydrogens is 226 g/mol. The summed E-state index contributed by atoms with van der Waals surface area (Å²) in [7, 11) is 1.52. The lowest BCUT2D eigenvalue weighted by molar-refractivity contribution is 0.293. The maximum absolute atomic E-state index is 5.50. The summed E-state index contributed by atoms with van der Waals surface area (Å²) in [6.45, 7) is 0.470. The van der Waals surface area contributed by atoms with Crippen molar-refractivity contribution in [1.29, 1.82) is 0 Å². The van der Waals surface area contributed by atoms with Gasteiger partial charge >= 0.3 is 0 Å². The minimum atomic E-state index is 0.139. The van der Waals surface area contributed by atoms with Crippen LogP contribution in [0.1, 0.15) is 4.88 Å². The van der Waals surface area contributed by atoms with Crippen LogP contribution in [0.25, 0.3) is 0 Å². The molecule has 2 rings (SSSR count). The van der Waals surface area contributed by atoms with Crippen molar-refractivity contribution in [3.8, 4) is 11.8 Å². The fourth-order valence-corrected chi connectivity index (χ4v) is 1.76. The van der Waals surface area contributed by atoms with Gasteiger partial charge in [0.15, 0.2) is 0 Å². The van der Waals surface area contributed by atoms with Crippen LogP contribution in [0.5, 0.6) is 11.8 Å². The first kappa shape index (κ1) is 10.7. The van der Waals surface area contributed by atoms with Crippen molar-refractivity contribution < 1.29 is 9.47 Å². The predicted molar refractivity (Wildman–Crippen MR) is 61.6 cm³/mol. The third-order valence-corrected chi connectivity index (χ3v) is 2.70. The van der Waals surface area contributed by atoms with Crippen LogP contribution in [0.15, 0.2) is 23.6 Å². The molecule has 0 saturated carbocycles. The van der Waals surface area contributed by atoms with Crippen molar-refractivity contribution in [2.24, 2.45) is 0 Å². The standard InChI is InChI=1S/C10H11N3O2S/c1-14-8-5-9(13-10(11)12-8)15-6-7-3-2-4-16-7/h2-5H,6H2,1H3,(H2,11,12,13). The fourth-order valence-electron chi connectivity index (χ4n) is 1.14. The van der Waals surface area contributed by atoms with Gasteiger partial charge in [0.05, 0.1) is 13.2 Å². The molecule has 2 aromatic rings. The number of thiophene rings is 1. The molecule has 0 aromatic carbocycles. The van der Waals surface area contributed by atoms with Crippen molar-refractivity contribution >= 4 is 17.3 Å². The maximum atomic E-state index is 5.50. The SMILES string of the molecule is COc1cc(OCc2cccs2)nc(N)n1. The Bertz CT molecular complexity index is 459. The van der Waals surface area contributed by atoms with E-state index >= 15 is 0 Å². The molecular formula is C10H11N3O2S. The topological polar surface area (TPSA) is 70.3 Å². The lowest BCUT2D eigenvalue weighted by Crippen LogP contribution is -2.01. The Kier molecular flexibility index (Phi) is 3.21. The summed E-state index contributed by atoms with van der Waals surface area (Å²) in [5.41, 5.74) is 5.50. The van der Waals surface area contributed by atoms with Crippen molar-refractivity contribution in [3.63, 3.8) is 0 Å². The molecule has 0 spiro atoms. The van der Waals surface area contributed by atoms with E-state index in [1.807, 2.05) is 17.5 Å². The Morgan fingerprint density at radius 3 is 2.88 bits per heavy atom. The van der Waals surface area contributed by atoms with Crippen LogP contribution in [-0.4, -0.2) is 17.1 Å². The van der Waals surface area contributed by atoms with Crippen LogP contribution < -0.4 is 15.2 Å². The molecule has 2 N–H and O–H groups in total. The van der Waals surface area contributed by atoms with Gasteiger partial charge in [-0.2, -0.15) is 9.97 Å². The molecule has 0 bridgehead atoms. The molecule has 0 aliphatic heterocycles. The number of hydrogen-bond acceptors (Lipinski definition) is 6. The van der Waals surface area contributed by atoms with E-state index in [2.05, 4.69) is 9.97 Å². The molecule has 0 fully saturated rings. The number of nitrogen functional groups attached to an aromatic ring is 1. The number of rotatable bonds is 4. The number of methoxy groups -OCH3 is 1. The predicted octanol–water partition coefficient (Wildman–Crippen LogP) is 1.71. The number of nitrogens with zero attached hydrogens (tertiary/aromatic N) is 2. The highest BCUT2D eigenvalue weighted by molar-refractivity contribution is 7.09. The van der Waals surface area contributed by atoms with Crippen LogP contribution in [0.2, 0.25) is 0 Å². The van der Waals surface area contributed by atoms with Crippen molar-refractivity contribution in [2.45, 2.75) is 6.61 Å². The lowest BCUT2D eigenvalue weighted by atomic mass is 10.5. The molecule has 0 saturated heterocycles. The van der Waals surface area contributed by atoms with E-state index in [1.54, 1.807) is 17.4 Å². The van der Waals surface area contributed by atoms with E-state index in [4.69, 9.17) is 15.2 Å². The van der Waals surface area contributed by atoms with E-state index in [9.17, 15) is 0 Å². The smallest absolute Gasteiger partial charge is 0.226 e. The Balaban J connectivity index is 2.06. The van der Waals surface area contributed by atoms with Crippen LogP contribution >= 0.6 is 11.3 Å². The Hall–Kier alpha value is -1.82. The van der Waals surface area contributed by atoms with Gasteiger partial charge in [-0.05, 0) is 11.4 Å². The summed E-state index contributed by atoms with van der Waals surface area (Å²) >= 11 is 1.63. The molecule has 0 radical (unpaired) electrons. The second-order valence-electron chi connectivity index (χ2n) is 2.97. The average molecular weight is 237 g/mol. The minimum absolute atomic E-state index is 0.139. The Morgan fingerprint density at radius 2 is 2.19 bits per heavy atom. The molecule has 2 heterocycles. The summed E-state index contributed by atoms with van der Waals surface area (Å²) in [5.74, 6) is 0.951. The van der Waals surface area contributed by atoms with Gasteiger partial charge in [0, 0.05) is 4.88 Å². The summed E-state index contributed by atoms with van der Waals surface area (Å²) in [6, 6.07) is 5.56. The Morgan fingerprint density at radius 1 is 1.38 bits per heavy atom. The molecule has 2 aromatic heterocycles. The molecule has 16 heavy (non-hydrogen) atoms. The van der Waals surface area contributed by atoms with Gasteiger partial charge in [-0.3, -0.25) is 0 Å². The van der Waals surface area contributed by atoms with Gasteiger partial charge in [0.1, 0.15) is 6.61 Å². The first-order chi connectivity index (χ1) is 7.78. The zero-order valence-corrected chi connectivity index (χ0v) is 9.53. The van der Waals surface area contributed by atoms with E-state index < -0.39 is 0 Å². The van der Waals surface area contributed by atoms with Crippen LogP contribution in [0, 0.1) is 0 Å². The van der Waals surface area contributed by atoms with Crippen molar-refractivity contribution in [2.75, 3.05) is 12.8 Å². The van der Waals surface area contributed by atoms with Crippen LogP contribution in [0.4, 0.5) is 5.95 Å². The van der Waals surface area contributed by atoms with E-state index in [0.29, 0.717) is 18.4 Å². The molecule has 0 amide bonds. The normalized spacial score (nSPS) is 10.1. The van der Waals surface area contributed by atoms with Crippen LogP contribution in [-0.2, 0) is 6.61 Å². The quantitative estimate of drug-likeness (QED) is 0.876. The van der Waals surface area contributed by atoms with Gasteiger partial charge in [-0.15, -0.1) is 11.3 Å². The monoisotopic (exact) mass is 237 g/mol. The van der Waals surface area contributed by atoms with Gasteiger partial charge in [-0.25, -0.2) is 0 Å². The van der Waals surface area contributed by atoms with E-state index in [0.717, 1.165) is 4.88 Å². The van der Waals surface area contributed by atoms with Crippen molar-refractivity contribution in [1.82, 2.24) is 9.97 Å². The Labute approximate surface area is 96.9 Å². The third kappa shape index (κ3) is 2.60. The number of hydrogen-bond donors (Lipinski definition) is 1. The van der Waals surface area contributed by atoms with Gasteiger partial charge in [0.25, 0.3) is 0 Å². The summed E-state index contributed by atoms with van der Waals surface area (Å²) in [4.78, 5) is 8.94. The highest BCUT2D eigenvalue weighted by Crippen LogP contribution is 2.18. The average Bonchev–Trinajstić information content (AvgIpc) is 2.78. The zero-order chi connectivity index (χ0) is 11.4. The highest BCUT2D eigenvalue weighted by Gasteiger charge is 2.04. The van der Waals surface area contributed by atoms with Crippen LogP contribution in [0.3, 0.4) is 0 Å². The molecule has 84 valence electrons. The summed E-state index contributed by atoms with van der Waals surface area (Å²) < 4.78 is 10.4. The molecule has 0 aliphatic rings. The first-order valence-corrected chi connectivity index (χ1v) is 5.49. The second kappa shape index (κ2) is 4.80. The van der Waals surface area contributed by atoms with Gasteiger partial charge in [0.2, 0.25) is 17.7 Å². The summed E-state index contributed by atoms with van der Waals surface area (Å²) in [6.07, 6.45) is 0. The molecule has 6 heteroatoms. The molecule has 0 unspecified atom stereocenters. The number of nitrogens with two attached hydrogens (primary N) is 1. The van der Waals surface area contributed by atoms with Gasteiger partial charge < -0.3 is 15.2 Å². The lowest BCUT2D eigenvalue weighted by Gasteiger charge is -2.05. The largest absolute Gasteiger partial charge is 0.481 e. The minimum Gasteiger partial charge on any atom is -0.481 e.